The maximum atomic E-state index is 11.1. The van der Waals surface area contributed by atoms with Gasteiger partial charge in [0.1, 0.15) is 24.4 Å². The van der Waals surface area contributed by atoms with Gasteiger partial charge in [-0.3, -0.25) is 4.98 Å². The Kier molecular flexibility index (Phi) is 7.21. The predicted molar refractivity (Wildman–Crippen MR) is 107 cm³/mol. The van der Waals surface area contributed by atoms with E-state index in [4.69, 9.17) is 18.9 Å². The maximum absolute atomic E-state index is 11.1. The van der Waals surface area contributed by atoms with Crippen molar-refractivity contribution in [3.8, 4) is 0 Å². The normalized spacial score (nSPS) is 28.7. The number of ether oxygens (including phenoxy) is 4. The molecule has 5 rings (SSSR count). The summed E-state index contributed by atoms with van der Waals surface area (Å²) in [4.78, 5) is 4.25. The van der Waals surface area contributed by atoms with Crippen LogP contribution in [0.2, 0.25) is 0 Å². The monoisotopic (exact) mass is 411 g/mol. The van der Waals surface area contributed by atoms with Crippen molar-refractivity contribution >= 4 is 0 Å². The van der Waals surface area contributed by atoms with Crippen molar-refractivity contribution in [1.29, 1.82) is 0 Å². The number of nitrogens with zero attached hydrogens (tertiary/aromatic N) is 1. The number of fused-ring (bicyclic) bond motifs is 1. The van der Waals surface area contributed by atoms with E-state index in [9.17, 15) is 5.11 Å². The van der Waals surface area contributed by atoms with Gasteiger partial charge in [0.05, 0.1) is 6.61 Å². The zero-order chi connectivity index (χ0) is 20.3. The molecule has 2 saturated heterocycles. The van der Waals surface area contributed by atoms with Gasteiger partial charge in [-0.05, 0) is 5.69 Å². The summed E-state index contributed by atoms with van der Waals surface area (Å²) in [6.45, 7) is 0.330. The Morgan fingerprint density at radius 2 is 1.55 bits per heavy atom. The van der Waals surface area contributed by atoms with Gasteiger partial charge in [0.15, 0.2) is 12.6 Å². The summed E-state index contributed by atoms with van der Waals surface area (Å²) in [5.41, 5.74) is 2.27. The number of hydrogen-bond donors (Lipinski definition) is 1. The number of aliphatic hydroxyl groups excluding tert-OH is 1. The fourth-order valence-electron chi connectivity index (χ4n) is 3.84. The average Bonchev–Trinajstić information content (AvgIpc) is 2.84. The van der Waals surface area contributed by atoms with Gasteiger partial charge < -0.3 is 24.1 Å². The second-order valence-electron chi connectivity index (χ2n) is 7.32. The molecule has 6 nitrogen and oxygen atoms in total. The number of benzene rings is 2. The molecule has 3 aromatic rings. The van der Waals surface area contributed by atoms with E-state index in [1.807, 2.05) is 60.7 Å². The first-order valence-corrected chi connectivity index (χ1v) is 9.97. The first kappa shape index (κ1) is 22.2. The van der Waals surface area contributed by atoms with Gasteiger partial charge in [-0.1, -0.05) is 66.9 Å². The van der Waals surface area contributed by atoms with Gasteiger partial charge in [-0.25, -0.2) is 12.1 Å². The Morgan fingerprint density at radius 3 is 2.19 bits per heavy atom. The molecule has 7 heteroatoms. The van der Waals surface area contributed by atoms with E-state index in [-0.39, 0.29) is 25.0 Å². The average molecular weight is 411 g/mol. The first-order chi connectivity index (χ1) is 14.8. The van der Waals surface area contributed by atoms with Crippen molar-refractivity contribution in [2.45, 2.75) is 37.0 Å². The van der Waals surface area contributed by atoms with Gasteiger partial charge in [0, 0.05) is 11.1 Å². The Bertz CT molecular complexity index is 946. The fraction of sp³-hybridized carbons (Fsp3) is 0.292. The maximum Gasteiger partial charge on any atom is 1.00 e. The fourth-order valence-corrected chi connectivity index (χ4v) is 3.84. The smallest absolute Gasteiger partial charge is 0.386 e. The van der Waals surface area contributed by atoms with E-state index >= 15 is 0 Å². The van der Waals surface area contributed by atoms with Crippen molar-refractivity contribution in [3.05, 3.63) is 102 Å². The minimum atomic E-state index is -0.989. The molecule has 0 bridgehead atoms. The second-order valence-corrected chi connectivity index (χ2v) is 7.32. The zero-order valence-electron chi connectivity index (χ0n) is 17.2. The first-order valence-electron chi connectivity index (χ1n) is 9.97. The minimum Gasteiger partial charge on any atom is -0.386 e. The Labute approximate surface area is 193 Å². The molecule has 2 aliphatic heterocycles. The molecule has 2 fully saturated rings. The number of aliphatic hydroxyl groups is 1. The number of aromatic nitrogens is 1. The van der Waals surface area contributed by atoms with Crippen LogP contribution in [0.1, 0.15) is 35.5 Å². The van der Waals surface area contributed by atoms with Crippen molar-refractivity contribution in [1.82, 2.24) is 4.98 Å². The van der Waals surface area contributed by atoms with Crippen LogP contribution in [0.4, 0.5) is 0 Å². The summed E-state index contributed by atoms with van der Waals surface area (Å²) in [5.74, 6) is 0. The molecule has 0 spiro atoms. The molecule has 0 amide bonds. The third kappa shape index (κ3) is 4.76. The molecule has 154 valence electrons. The molecular formula is C24H22LiNO5. The van der Waals surface area contributed by atoms with Gasteiger partial charge in [0.25, 0.3) is 0 Å². The Hall–Kier alpha value is -2.01. The van der Waals surface area contributed by atoms with Gasteiger partial charge in [-0.15, -0.1) is 0 Å². The summed E-state index contributed by atoms with van der Waals surface area (Å²) in [7, 11) is 0. The molecule has 0 saturated carbocycles. The van der Waals surface area contributed by atoms with E-state index in [0.717, 1.165) is 11.1 Å². The molecular weight excluding hydrogens is 389 g/mol. The SMILES string of the molecule is O[C@@H](c1cc[c-]cn1)[C@@H]1OC(c2ccccc2)O[C@@H]2COC(c3ccccc3)O[C@@H]12.[Li+]. The molecule has 1 aromatic heterocycles. The Balaban J connectivity index is 0.00000231. The summed E-state index contributed by atoms with van der Waals surface area (Å²) < 4.78 is 24.6. The third-order valence-electron chi connectivity index (χ3n) is 5.36. The van der Waals surface area contributed by atoms with E-state index in [1.54, 1.807) is 12.1 Å². The van der Waals surface area contributed by atoms with Crippen LogP contribution < -0.4 is 18.9 Å². The predicted octanol–water partition coefficient (Wildman–Crippen LogP) is 0.516. The third-order valence-corrected chi connectivity index (χ3v) is 5.36. The molecule has 0 radical (unpaired) electrons. The second kappa shape index (κ2) is 10.1. The molecule has 31 heavy (non-hydrogen) atoms. The number of rotatable bonds is 4. The number of pyridine rings is 1. The van der Waals surface area contributed by atoms with E-state index in [0.29, 0.717) is 12.3 Å². The van der Waals surface area contributed by atoms with Crippen molar-refractivity contribution in [3.63, 3.8) is 0 Å². The summed E-state index contributed by atoms with van der Waals surface area (Å²) in [6, 6.07) is 25.7. The summed E-state index contributed by atoms with van der Waals surface area (Å²) in [6.07, 6.45) is -2.25. The number of hydrogen-bond acceptors (Lipinski definition) is 6. The van der Waals surface area contributed by atoms with E-state index in [1.165, 1.54) is 6.20 Å². The molecule has 1 N–H and O–H groups in total. The Morgan fingerprint density at radius 1 is 0.871 bits per heavy atom. The van der Waals surface area contributed by atoms with Crippen molar-refractivity contribution < 1.29 is 42.9 Å². The van der Waals surface area contributed by atoms with Gasteiger partial charge >= 0.3 is 18.9 Å². The quantitative estimate of drug-likeness (QED) is 0.499. The summed E-state index contributed by atoms with van der Waals surface area (Å²) in [5, 5.41) is 11.1. The van der Waals surface area contributed by atoms with Crippen LogP contribution in [-0.2, 0) is 18.9 Å². The zero-order valence-corrected chi connectivity index (χ0v) is 17.2. The standard InChI is InChI=1S/C24H22NO5.Li/c26-20(18-13-7-8-14-25-18)22-21-19(28-24(30-22)17-11-5-2-6-12-17)15-27-23(29-21)16-9-3-1-4-10-16;/h1-7,9-14,19-24,26H,15H2;/q-1;+1/t19-,20+,21-,22+,23?,24?;/m1./s1. The van der Waals surface area contributed by atoms with Crippen LogP contribution in [0, 0.1) is 6.07 Å². The van der Waals surface area contributed by atoms with Crippen LogP contribution in [0.15, 0.2) is 79.0 Å². The van der Waals surface area contributed by atoms with E-state index in [2.05, 4.69) is 11.1 Å². The molecule has 2 aromatic carbocycles. The topological polar surface area (TPSA) is 70.0 Å². The van der Waals surface area contributed by atoms with Gasteiger partial charge in [-0.2, -0.15) is 6.07 Å². The summed E-state index contributed by atoms with van der Waals surface area (Å²) >= 11 is 0. The van der Waals surface area contributed by atoms with Crippen LogP contribution in [-0.4, -0.2) is 35.0 Å². The molecule has 0 aliphatic carbocycles. The van der Waals surface area contributed by atoms with Crippen molar-refractivity contribution in [2.24, 2.45) is 0 Å². The largest absolute Gasteiger partial charge is 1.00 e. The van der Waals surface area contributed by atoms with Gasteiger partial charge in [0.2, 0.25) is 0 Å². The minimum absolute atomic E-state index is 0. The van der Waals surface area contributed by atoms with Crippen LogP contribution in [0.3, 0.4) is 0 Å². The van der Waals surface area contributed by atoms with Crippen molar-refractivity contribution in [2.75, 3.05) is 6.61 Å². The van der Waals surface area contributed by atoms with Crippen LogP contribution in [0.5, 0.6) is 0 Å². The molecule has 6 atom stereocenters. The van der Waals surface area contributed by atoms with Crippen LogP contribution in [0.25, 0.3) is 0 Å². The molecule has 2 unspecified atom stereocenters. The van der Waals surface area contributed by atoms with E-state index < -0.39 is 30.9 Å². The van der Waals surface area contributed by atoms with Crippen LogP contribution >= 0.6 is 0 Å². The molecule has 3 heterocycles. The molecule has 2 aliphatic rings.